The fourth-order valence-electron chi connectivity index (χ4n) is 3.52. The molecule has 0 unspecified atom stereocenters. The molecule has 0 aromatic rings. The van der Waals surface area contributed by atoms with E-state index in [1.807, 2.05) is 0 Å². The molecule has 6 N–H and O–H groups in total. The van der Waals surface area contributed by atoms with Crippen LogP contribution in [0.25, 0.3) is 0 Å². The van der Waals surface area contributed by atoms with Crippen LogP contribution in [-0.2, 0) is 24.0 Å². The second-order valence-corrected chi connectivity index (χ2v) is 8.08. The Kier molecular flexibility index (Phi) is 13.2. The average Bonchev–Trinajstić information content (AvgIpc) is 2.79. The lowest BCUT2D eigenvalue weighted by molar-refractivity contribution is -0.140. The van der Waals surface area contributed by atoms with Crippen LogP contribution in [0.4, 0.5) is 4.79 Å². The Labute approximate surface area is 192 Å². The van der Waals surface area contributed by atoms with E-state index in [4.69, 9.17) is 10.2 Å². The number of carboxylic acid groups (broad SMARTS) is 2. The van der Waals surface area contributed by atoms with Crippen LogP contribution in [0.15, 0.2) is 0 Å². The first-order valence-corrected chi connectivity index (χ1v) is 11.2. The summed E-state index contributed by atoms with van der Waals surface area (Å²) in [6, 6.07) is -3.13. The molecule has 0 aromatic heterocycles. The second kappa shape index (κ2) is 15.6. The Morgan fingerprint density at radius 3 is 2.21 bits per heavy atom. The van der Waals surface area contributed by atoms with Crippen molar-refractivity contribution in [1.29, 1.82) is 0 Å². The zero-order chi connectivity index (χ0) is 24.6. The molecule has 0 saturated heterocycles. The Bertz CT molecular complexity index is 694. The summed E-state index contributed by atoms with van der Waals surface area (Å²) in [5.41, 5.74) is 0. The number of nitrogens with one attached hydrogen (secondary N) is 4. The largest absolute Gasteiger partial charge is 0.481 e. The van der Waals surface area contributed by atoms with Gasteiger partial charge in [0.25, 0.3) is 0 Å². The summed E-state index contributed by atoms with van der Waals surface area (Å²) in [7, 11) is 0. The number of amides is 4. The van der Waals surface area contributed by atoms with Crippen LogP contribution < -0.4 is 21.3 Å². The molecule has 12 nitrogen and oxygen atoms in total. The van der Waals surface area contributed by atoms with E-state index in [0.717, 1.165) is 32.1 Å². The molecule has 0 bridgehead atoms. The van der Waals surface area contributed by atoms with Gasteiger partial charge < -0.3 is 36.3 Å². The Morgan fingerprint density at radius 1 is 0.909 bits per heavy atom. The van der Waals surface area contributed by atoms with Crippen LogP contribution >= 0.6 is 0 Å². The summed E-state index contributed by atoms with van der Waals surface area (Å²) in [5, 5.41) is 27.5. The maximum Gasteiger partial charge on any atom is 0.326 e. The van der Waals surface area contributed by atoms with Crippen LogP contribution in [0.5, 0.6) is 0 Å². The molecule has 0 aromatic carbocycles. The van der Waals surface area contributed by atoms with Crippen molar-refractivity contribution in [2.75, 3.05) is 13.1 Å². The van der Waals surface area contributed by atoms with Gasteiger partial charge in [0.05, 0.1) is 12.6 Å². The lowest BCUT2D eigenvalue weighted by Gasteiger charge is -2.20. The molecule has 0 radical (unpaired) electrons. The predicted octanol–water partition coefficient (Wildman–Crippen LogP) is 0.154. The highest BCUT2D eigenvalue weighted by molar-refractivity contribution is 5.86. The Balaban J connectivity index is 2.20. The maximum atomic E-state index is 12.0. The minimum atomic E-state index is -1.39. The number of aliphatic carboxylic acids is 2. The number of carbonyl (C=O) groups is 6. The van der Waals surface area contributed by atoms with E-state index in [0.29, 0.717) is 25.7 Å². The first-order chi connectivity index (χ1) is 15.7. The minimum Gasteiger partial charge on any atom is -0.481 e. The molecule has 1 fully saturated rings. The van der Waals surface area contributed by atoms with Crippen molar-refractivity contribution in [2.24, 2.45) is 5.92 Å². The number of hydrogen-bond acceptors (Lipinski definition) is 6. The quantitative estimate of drug-likeness (QED) is 0.144. The number of aldehydes is 1. The molecule has 33 heavy (non-hydrogen) atoms. The van der Waals surface area contributed by atoms with E-state index in [1.165, 1.54) is 0 Å². The fraction of sp³-hybridized carbons (Fsp3) is 0.714. The van der Waals surface area contributed by atoms with Crippen LogP contribution in [0.1, 0.15) is 64.2 Å². The Hall–Kier alpha value is -3.18. The van der Waals surface area contributed by atoms with E-state index in [-0.39, 0.29) is 37.1 Å². The maximum absolute atomic E-state index is 12.0. The first-order valence-electron chi connectivity index (χ1n) is 11.2. The van der Waals surface area contributed by atoms with Crippen molar-refractivity contribution in [2.45, 2.75) is 76.3 Å². The van der Waals surface area contributed by atoms with Crippen molar-refractivity contribution in [3.8, 4) is 0 Å². The topological polar surface area (TPSA) is 191 Å². The minimum absolute atomic E-state index is 0.0144. The van der Waals surface area contributed by atoms with Crippen molar-refractivity contribution in [1.82, 2.24) is 21.3 Å². The van der Waals surface area contributed by atoms with Crippen LogP contribution in [0, 0.1) is 5.92 Å². The predicted molar refractivity (Wildman–Crippen MR) is 116 cm³/mol. The molecule has 0 aliphatic heterocycles. The lowest BCUT2D eigenvalue weighted by Crippen LogP contribution is -2.49. The molecule has 1 aliphatic carbocycles. The molecule has 0 heterocycles. The van der Waals surface area contributed by atoms with E-state index in [9.17, 15) is 28.8 Å². The summed E-state index contributed by atoms with van der Waals surface area (Å²) in [5.74, 6) is -2.96. The molecule has 12 heteroatoms. The summed E-state index contributed by atoms with van der Waals surface area (Å²) >= 11 is 0. The van der Waals surface area contributed by atoms with Crippen molar-refractivity contribution in [3.63, 3.8) is 0 Å². The zero-order valence-corrected chi connectivity index (χ0v) is 18.6. The van der Waals surface area contributed by atoms with Crippen LogP contribution in [0.2, 0.25) is 0 Å². The molecular weight excluding hydrogens is 436 g/mol. The summed E-state index contributed by atoms with van der Waals surface area (Å²) in [6.07, 6.45) is 6.05. The number of hydrogen-bond donors (Lipinski definition) is 6. The molecule has 186 valence electrons. The highest BCUT2D eigenvalue weighted by Gasteiger charge is 2.23. The van der Waals surface area contributed by atoms with Gasteiger partial charge in [0.15, 0.2) is 0 Å². The third kappa shape index (κ3) is 12.4. The number of unbranched alkanes of at least 4 members (excludes halogenated alkanes) is 1. The van der Waals surface area contributed by atoms with Gasteiger partial charge in [-0.1, -0.05) is 19.3 Å². The SMILES string of the molecule is O=C[C@H](CCCCNC(=O)CNC(=O)C1CCCCC1)NC(=O)N[C@@H](CCC(=O)O)C(=O)O. The molecule has 1 aliphatic rings. The van der Waals surface area contributed by atoms with Gasteiger partial charge in [0.2, 0.25) is 11.8 Å². The molecular formula is C21H34N4O8. The van der Waals surface area contributed by atoms with Gasteiger partial charge in [-0.25, -0.2) is 9.59 Å². The Morgan fingerprint density at radius 2 is 1.61 bits per heavy atom. The highest BCUT2D eigenvalue weighted by Crippen LogP contribution is 2.23. The van der Waals surface area contributed by atoms with Gasteiger partial charge in [-0.3, -0.25) is 14.4 Å². The molecule has 1 rings (SSSR count). The van der Waals surface area contributed by atoms with Gasteiger partial charge in [-0.15, -0.1) is 0 Å². The fourth-order valence-corrected chi connectivity index (χ4v) is 3.52. The smallest absolute Gasteiger partial charge is 0.326 e. The normalized spacial score (nSPS) is 15.5. The lowest BCUT2D eigenvalue weighted by atomic mass is 9.89. The average molecular weight is 471 g/mol. The summed E-state index contributed by atoms with van der Waals surface area (Å²) < 4.78 is 0. The van der Waals surface area contributed by atoms with Crippen LogP contribution in [-0.4, -0.2) is 71.5 Å². The number of urea groups is 1. The van der Waals surface area contributed by atoms with Gasteiger partial charge in [0, 0.05) is 18.9 Å². The second-order valence-electron chi connectivity index (χ2n) is 8.08. The van der Waals surface area contributed by atoms with Gasteiger partial charge in [0.1, 0.15) is 12.3 Å². The molecule has 1 saturated carbocycles. The molecule has 4 amide bonds. The van der Waals surface area contributed by atoms with E-state index < -0.39 is 36.5 Å². The highest BCUT2D eigenvalue weighted by atomic mass is 16.4. The van der Waals surface area contributed by atoms with Gasteiger partial charge >= 0.3 is 18.0 Å². The van der Waals surface area contributed by atoms with Gasteiger partial charge in [-0.2, -0.15) is 0 Å². The first kappa shape index (κ1) is 27.9. The van der Waals surface area contributed by atoms with Crippen molar-refractivity contribution in [3.05, 3.63) is 0 Å². The van der Waals surface area contributed by atoms with Gasteiger partial charge in [-0.05, 0) is 38.5 Å². The monoisotopic (exact) mass is 470 g/mol. The van der Waals surface area contributed by atoms with E-state index >= 15 is 0 Å². The summed E-state index contributed by atoms with van der Waals surface area (Å²) in [6.45, 7) is 0.257. The van der Waals surface area contributed by atoms with Crippen LogP contribution in [0.3, 0.4) is 0 Å². The van der Waals surface area contributed by atoms with E-state index in [2.05, 4.69) is 21.3 Å². The molecule has 0 spiro atoms. The zero-order valence-electron chi connectivity index (χ0n) is 18.6. The third-order valence-corrected chi connectivity index (χ3v) is 5.39. The van der Waals surface area contributed by atoms with E-state index in [1.54, 1.807) is 0 Å². The number of carboxylic acids is 2. The number of rotatable bonds is 15. The third-order valence-electron chi connectivity index (χ3n) is 5.39. The van der Waals surface area contributed by atoms with Crippen molar-refractivity contribution < 1.29 is 39.0 Å². The number of carbonyl (C=O) groups excluding carboxylic acids is 4. The summed E-state index contributed by atoms with van der Waals surface area (Å²) in [4.78, 5) is 68.6. The molecule has 2 atom stereocenters. The van der Waals surface area contributed by atoms with Crippen molar-refractivity contribution >= 4 is 36.1 Å². The standard InChI is InChI=1S/C21H34N4O8/c26-13-15(24-21(33)25-16(20(31)32)9-10-18(28)29)8-4-5-11-22-17(27)12-23-19(30)14-6-2-1-3-7-14/h13-16H,1-12H2,(H,22,27)(H,23,30)(H,28,29)(H,31,32)(H2,24,25,33)/t15-,16-/m0/s1.